The van der Waals surface area contributed by atoms with Gasteiger partial charge in [-0.1, -0.05) is 12.1 Å². The van der Waals surface area contributed by atoms with Crippen molar-refractivity contribution in [1.82, 2.24) is 0 Å². The Hall–Kier alpha value is -0.510. The summed E-state index contributed by atoms with van der Waals surface area (Å²) in [6, 6.07) is 6.31. The number of carbonyl (C=O) groups excluding carboxylic acids is 1. The maximum Gasteiger partial charge on any atom is 1.00 e. The molecule has 0 saturated carbocycles. The zero-order chi connectivity index (χ0) is 9.84. The van der Waals surface area contributed by atoms with Crippen LogP contribution in [0.4, 0.5) is 0 Å². The number of benzene rings is 1. The molecular formula is C10H13NaO3. The molecule has 0 unspecified atom stereocenters. The Labute approximate surface area is 107 Å². The minimum Gasteiger partial charge on any atom is -1.00 e. The van der Waals surface area contributed by atoms with Crippen LogP contribution in [0.1, 0.15) is 25.6 Å². The topological polar surface area (TPSA) is 46.5 Å². The Morgan fingerprint density at radius 3 is 2.50 bits per heavy atom. The molecule has 72 valence electrons. The van der Waals surface area contributed by atoms with Crippen molar-refractivity contribution in [2.45, 2.75) is 20.0 Å². The molecule has 4 heteroatoms. The molecule has 0 amide bonds. The van der Waals surface area contributed by atoms with Crippen molar-refractivity contribution in [2.24, 2.45) is 0 Å². The van der Waals surface area contributed by atoms with Crippen LogP contribution >= 0.6 is 0 Å². The first-order chi connectivity index (χ1) is 6.11. The van der Waals surface area contributed by atoms with E-state index >= 15 is 0 Å². The second-order valence-electron chi connectivity index (χ2n) is 2.97. The van der Waals surface area contributed by atoms with Crippen molar-refractivity contribution in [2.75, 3.05) is 0 Å². The summed E-state index contributed by atoms with van der Waals surface area (Å²) in [6.07, 6.45) is -0.174. The second kappa shape index (κ2) is 6.06. The molecule has 1 aromatic carbocycles. The number of rotatable bonds is 2. The van der Waals surface area contributed by atoms with Gasteiger partial charge in [0.15, 0.2) is 0 Å². The summed E-state index contributed by atoms with van der Waals surface area (Å²) in [4.78, 5) is 11.3. The van der Waals surface area contributed by atoms with Crippen LogP contribution < -0.4 is 29.6 Å². The molecule has 0 aliphatic heterocycles. The van der Waals surface area contributed by atoms with Gasteiger partial charge in [0.05, 0.1) is 6.10 Å². The number of carbonyl (C=O) groups is 1. The van der Waals surface area contributed by atoms with E-state index in [0.717, 1.165) is 0 Å². The molecule has 14 heavy (non-hydrogen) atoms. The monoisotopic (exact) mass is 204 g/mol. The van der Waals surface area contributed by atoms with Gasteiger partial charge in [-0.05, 0) is 26.0 Å². The van der Waals surface area contributed by atoms with Crippen LogP contribution in [0.2, 0.25) is 0 Å². The van der Waals surface area contributed by atoms with Crippen LogP contribution in [0.3, 0.4) is 0 Å². The summed E-state index contributed by atoms with van der Waals surface area (Å²) < 4.78 is 4.92. The van der Waals surface area contributed by atoms with Gasteiger partial charge in [0.1, 0.15) is 11.3 Å². The van der Waals surface area contributed by atoms with E-state index in [4.69, 9.17) is 4.74 Å². The Bertz CT molecular complexity index is 315. The molecule has 0 bridgehead atoms. The minimum atomic E-state index is -0.492. The molecule has 0 aromatic heterocycles. The largest absolute Gasteiger partial charge is 1.00 e. The Balaban J connectivity index is 0. The van der Waals surface area contributed by atoms with Gasteiger partial charge >= 0.3 is 35.5 Å². The first kappa shape index (κ1) is 13.5. The Kier molecular flexibility index (Phi) is 5.84. The Morgan fingerprint density at radius 1 is 1.43 bits per heavy atom. The smallest absolute Gasteiger partial charge is 1.00 e. The zero-order valence-electron chi connectivity index (χ0n) is 9.65. The van der Waals surface area contributed by atoms with Crippen LogP contribution in [0, 0.1) is 0 Å². The SMILES string of the molecule is CC(C)OC(=O)c1ccccc1O.[H-].[Na+]. The van der Waals surface area contributed by atoms with E-state index in [0.29, 0.717) is 0 Å². The van der Waals surface area contributed by atoms with Crippen molar-refractivity contribution in [3.8, 4) is 5.75 Å². The zero-order valence-corrected chi connectivity index (χ0v) is 10.7. The maximum atomic E-state index is 11.3. The maximum absolute atomic E-state index is 11.3. The third-order valence-electron chi connectivity index (χ3n) is 1.47. The molecule has 0 saturated heterocycles. The van der Waals surface area contributed by atoms with E-state index in [1.807, 2.05) is 0 Å². The average Bonchev–Trinajstić information content (AvgIpc) is 2.03. The third-order valence-corrected chi connectivity index (χ3v) is 1.47. The van der Waals surface area contributed by atoms with Crippen LogP contribution in [-0.2, 0) is 4.74 Å². The first-order valence-electron chi connectivity index (χ1n) is 4.10. The van der Waals surface area contributed by atoms with Gasteiger partial charge in [0.2, 0.25) is 0 Å². The molecule has 1 aromatic rings. The molecule has 0 aliphatic carbocycles. The van der Waals surface area contributed by atoms with Crippen molar-refractivity contribution < 1.29 is 45.6 Å². The summed E-state index contributed by atoms with van der Waals surface area (Å²) in [7, 11) is 0. The minimum absolute atomic E-state index is 0. The van der Waals surface area contributed by atoms with E-state index in [-0.39, 0.29) is 48.4 Å². The Morgan fingerprint density at radius 2 is 2.00 bits per heavy atom. The summed E-state index contributed by atoms with van der Waals surface area (Å²) in [6.45, 7) is 3.52. The fraction of sp³-hybridized carbons (Fsp3) is 0.300. The third kappa shape index (κ3) is 3.70. The molecule has 0 spiro atoms. The van der Waals surface area contributed by atoms with E-state index in [1.165, 1.54) is 12.1 Å². The molecule has 0 atom stereocenters. The van der Waals surface area contributed by atoms with Crippen molar-refractivity contribution >= 4 is 5.97 Å². The number of aromatic hydroxyl groups is 1. The summed E-state index contributed by atoms with van der Waals surface area (Å²) in [5, 5.41) is 9.29. The van der Waals surface area contributed by atoms with Gasteiger partial charge in [0, 0.05) is 0 Å². The summed E-state index contributed by atoms with van der Waals surface area (Å²) in [5.74, 6) is -0.541. The molecule has 3 nitrogen and oxygen atoms in total. The standard InChI is InChI=1S/C10H12O3.Na.H/c1-7(2)13-10(12)8-5-3-4-6-9(8)11;;/h3-7,11H,1-2H3;;/q;+1;-1. The predicted molar refractivity (Wildman–Crippen MR) is 49.8 cm³/mol. The normalized spacial score (nSPS) is 9.36. The first-order valence-corrected chi connectivity index (χ1v) is 4.10. The number of phenolic OH excluding ortho intramolecular Hbond substituents is 1. The van der Waals surface area contributed by atoms with E-state index in [9.17, 15) is 9.90 Å². The number of phenols is 1. The fourth-order valence-electron chi connectivity index (χ4n) is 0.924. The summed E-state index contributed by atoms with van der Waals surface area (Å²) >= 11 is 0. The molecular weight excluding hydrogens is 191 g/mol. The molecule has 0 radical (unpaired) electrons. The van der Waals surface area contributed by atoms with Crippen molar-refractivity contribution in [3.63, 3.8) is 0 Å². The fourth-order valence-corrected chi connectivity index (χ4v) is 0.924. The van der Waals surface area contributed by atoms with Gasteiger partial charge in [-0.3, -0.25) is 0 Å². The molecule has 0 fully saturated rings. The van der Waals surface area contributed by atoms with Gasteiger partial charge in [0.25, 0.3) is 0 Å². The van der Waals surface area contributed by atoms with Crippen LogP contribution in [0.5, 0.6) is 5.75 Å². The average molecular weight is 204 g/mol. The summed E-state index contributed by atoms with van der Waals surface area (Å²) in [5.41, 5.74) is 0.205. The van der Waals surface area contributed by atoms with Crippen LogP contribution in [0.15, 0.2) is 24.3 Å². The van der Waals surface area contributed by atoms with Crippen molar-refractivity contribution in [3.05, 3.63) is 29.8 Å². The molecule has 0 aliphatic rings. The number of esters is 1. The molecule has 0 heterocycles. The van der Waals surface area contributed by atoms with E-state index in [1.54, 1.807) is 26.0 Å². The van der Waals surface area contributed by atoms with Crippen LogP contribution in [0.25, 0.3) is 0 Å². The second-order valence-corrected chi connectivity index (χ2v) is 2.97. The van der Waals surface area contributed by atoms with Crippen molar-refractivity contribution in [1.29, 1.82) is 0 Å². The number of ether oxygens (including phenoxy) is 1. The number of para-hydroxylation sites is 1. The van der Waals surface area contributed by atoms with E-state index in [2.05, 4.69) is 0 Å². The van der Waals surface area contributed by atoms with Gasteiger partial charge in [-0.2, -0.15) is 0 Å². The molecule has 1 N–H and O–H groups in total. The predicted octanol–water partition coefficient (Wildman–Crippen LogP) is -0.926. The van der Waals surface area contributed by atoms with E-state index < -0.39 is 5.97 Å². The van der Waals surface area contributed by atoms with Gasteiger partial charge in [-0.25, -0.2) is 4.79 Å². The number of hydrogen-bond acceptors (Lipinski definition) is 3. The van der Waals surface area contributed by atoms with Crippen LogP contribution in [-0.4, -0.2) is 17.2 Å². The number of hydrogen-bond donors (Lipinski definition) is 1. The quantitative estimate of drug-likeness (QED) is 0.500. The van der Waals surface area contributed by atoms with Gasteiger partial charge in [-0.15, -0.1) is 0 Å². The van der Waals surface area contributed by atoms with Gasteiger partial charge < -0.3 is 11.3 Å². The molecule has 1 rings (SSSR count).